The number of halogens is 16. The van der Waals surface area contributed by atoms with Gasteiger partial charge in [0.1, 0.15) is 58.2 Å². The Hall–Kier alpha value is -15.4. The summed E-state index contributed by atoms with van der Waals surface area (Å²) in [4.78, 5) is 6.41. The molecule has 0 unspecified atom stereocenters. The van der Waals surface area contributed by atoms with Crippen molar-refractivity contribution < 1.29 is 70.2 Å². The van der Waals surface area contributed by atoms with Crippen molar-refractivity contribution >= 4 is 133 Å². The smallest absolute Gasteiger partial charge is 0.307 e. The van der Waals surface area contributed by atoms with Gasteiger partial charge in [-0.1, -0.05) is 206 Å². The molecule has 0 aliphatic carbocycles. The highest BCUT2D eigenvalue weighted by Crippen LogP contribution is 2.53. The lowest BCUT2D eigenvalue weighted by molar-refractivity contribution is -0.138. The fraction of sp³-hybridized carbons (Fsp3) is 0.0189. The molecule has 0 aliphatic heterocycles. The lowest BCUT2D eigenvalue weighted by atomic mass is 9.91. The molecule has 616 valence electrons. The molecule has 0 radical (unpaired) electrons. The second kappa shape index (κ2) is 32.1. The van der Waals surface area contributed by atoms with Crippen LogP contribution in [0.5, 0.6) is 0 Å². The van der Waals surface area contributed by atoms with Crippen LogP contribution >= 0.6 is 0 Å². The molecule has 20 aromatic rings. The molecule has 0 aliphatic rings. The van der Waals surface area contributed by atoms with E-state index >= 15 is 35.1 Å². The number of nitrogens with zero attached hydrogens (tertiary/aromatic N) is 4. The van der Waals surface area contributed by atoms with E-state index in [1.807, 2.05) is 97.1 Å². The van der Waals surface area contributed by atoms with Gasteiger partial charge in [-0.3, -0.25) is 0 Å². The fourth-order valence-electron chi connectivity index (χ4n) is 17.0. The topological polar surface area (TPSA) is 13.0 Å². The van der Waals surface area contributed by atoms with Crippen molar-refractivity contribution in [2.75, 3.05) is 19.6 Å². The molecule has 20 heteroatoms. The zero-order valence-electron chi connectivity index (χ0n) is 65.5. The number of rotatable bonds is 16. The van der Waals surface area contributed by atoms with Gasteiger partial charge in [0, 0.05) is 102 Å². The lowest BCUT2D eigenvalue weighted by Crippen LogP contribution is -2.14. The Kier molecular flexibility index (Phi) is 20.5. The van der Waals surface area contributed by atoms with E-state index in [9.17, 15) is 35.1 Å². The number of benzene rings is 20. The zero-order chi connectivity index (χ0) is 87.1. The normalized spacial score (nSPS) is 11.8. The van der Waals surface area contributed by atoms with Crippen LogP contribution in [0.3, 0.4) is 0 Å². The Bertz CT molecular complexity index is 7120. The van der Waals surface area contributed by atoms with Crippen LogP contribution in [0.2, 0.25) is 0 Å². The molecular formula is C106H60F16N4. The van der Waals surface area contributed by atoms with Crippen LogP contribution in [0.25, 0.3) is 109 Å². The van der Waals surface area contributed by atoms with Crippen molar-refractivity contribution in [3.63, 3.8) is 0 Å². The fourth-order valence-corrected chi connectivity index (χ4v) is 17.0. The molecule has 126 heavy (non-hydrogen) atoms. The summed E-state index contributed by atoms with van der Waals surface area (Å²) in [6.07, 6.45) is -9.22. The maximum Gasteiger partial charge on any atom is 0.416 e. The van der Waals surface area contributed by atoms with Gasteiger partial charge in [0.2, 0.25) is 0 Å². The molecule has 0 N–H and O–H groups in total. The molecule has 4 nitrogen and oxygen atoms in total. The molecule has 20 rings (SSSR count). The van der Waals surface area contributed by atoms with E-state index in [0.29, 0.717) is 67.0 Å². The van der Waals surface area contributed by atoms with E-state index in [4.69, 9.17) is 0 Å². The Morgan fingerprint density at radius 3 is 0.635 bits per heavy atom. The van der Waals surface area contributed by atoms with Gasteiger partial charge in [-0.25, -0.2) is 43.9 Å². The summed E-state index contributed by atoms with van der Waals surface area (Å²) in [5.74, 6) is -7.90. The summed E-state index contributed by atoms with van der Waals surface area (Å²) < 4.78 is 240. The van der Waals surface area contributed by atoms with E-state index < -0.39 is 81.7 Å². The third-order valence-electron chi connectivity index (χ3n) is 22.7. The number of anilines is 12. The third kappa shape index (κ3) is 14.5. The van der Waals surface area contributed by atoms with Crippen LogP contribution in [0.15, 0.2) is 364 Å². The molecule has 0 aromatic heterocycles. The summed E-state index contributed by atoms with van der Waals surface area (Å²) >= 11 is 0. The minimum atomic E-state index is -4.61. The van der Waals surface area contributed by atoms with Crippen molar-refractivity contribution in [3.8, 4) is 44.5 Å². The first-order valence-corrected chi connectivity index (χ1v) is 39.6. The maximum absolute atomic E-state index is 16.6. The van der Waals surface area contributed by atoms with Crippen LogP contribution < -0.4 is 19.6 Å². The molecule has 0 fully saturated rings. The average Bonchev–Trinajstić information content (AvgIpc) is 0.719. The Labute approximate surface area is 709 Å². The third-order valence-corrected chi connectivity index (χ3v) is 22.7. The van der Waals surface area contributed by atoms with Crippen molar-refractivity contribution in [1.29, 1.82) is 0 Å². The van der Waals surface area contributed by atoms with Gasteiger partial charge in [-0.2, -0.15) is 26.3 Å². The van der Waals surface area contributed by atoms with Gasteiger partial charge in [-0.05, 0) is 188 Å². The molecule has 0 atom stereocenters. The van der Waals surface area contributed by atoms with Gasteiger partial charge in [0.05, 0.1) is 56.6 Å². The molecule has 0 saturated carbocycles. The van der Waals surface area contributed by atoms with Crippen LogP contribution in [0.1, 0.15) is 11.1 Å². The summed E-state index contributed by atoms with van der Waals surface area (Å²) in [5, 5.41) is 9.03. The first kappa shape index (κ1) is 80.3. The van der Waals surface area contributed by atoms with Crippen LogP contribution in [0, 0.1) is 58.2 Å². The highest BCUT2D eigenvalue weighted by molar-refractivity contribution is 6.30. The number of para-hydroxylation sites is 4. The molecule has 0 bridgehead atoms. The maximum atomic E-state index is 16.6. The zero-order valence-corrected chi connectivity index (χ0v) is 65.5. The first-order valence-electron chi connectivity index (χ1n) is 39.6. The lowest BCUT2D eigenvalue weighted by Gasteiger charge is -2.30. The second-order valence-electron chi connectivity index (χ2n) is 30.1. The van der Waals surface area contributed by atoms with Gasteiger partial charge in [0.25, 0.3) is 0 Å². The van der Waals surface area contributed by atoms with Crippen molar-refractivity contribution in [2.45, 2.75) is 12.4 Å². The predicted octanol–water partition coefficient (Wildman–Crippen LogP) is 33.1. The average molecular weight is 1690 g/mol. The van der Waals surface area contributed by atoms with Crippen molar-refractivity contribution in [1.82, 2.24) is 0 Å². The molecular weight excluding hydrogens is 1630 g/mol. The first-order chi connectivity index (χ1) is 60.9. The van der Waals surface area contributed by atoms with Crippen LogP contribution in [0.4, 0.5) is 138 Å². The quantitative estimate of drug-likeness (QED) is 0.0706. The van der Waals surface area contributed by atoms with Gasteiger partial charge in [-0.15, -0.1) is 0 Å². The largest absolute Gasteiger partial charge is 0.416 e. The highest BCUT2D eigenvalue weighted by Gasteiger charge is 2.34. The van der Waals surface area contributed by atoms with Crippen LogP contribution in [-0.4, -0.2) is 0 Å². The number of hydrogen-bond acceptors (Lipinski definition) is 4. The molecule has 0 saturated heterocycles. The predicted molar refractivity (Wildman–Crippen MR) is 470 cm³/mol. The summed E-state index contributed by atoms with van der Waals surface area (Å²) in [6.45, 7) is 0. The minimum Gasteiger partial charge on any atom is -0.307 e. The summed E-state index contributed by atoms with van der Waals surface area (Å²) in [7, 11) is 0. The Balaban J connectivity index is 0.000000165. The standard InChI is InChI=1S/C54H30F10N2.C52H30F6N2/c55-43-29-49(45(57)27-41(43)31-11-19-35(20-12-31)53(59,60)61)65(37-7-3-1-4-8-37)47-25-17-33-16-24-40-48(26-18-34-15-23-39(47)51(33)52(34)40)66(38-9-5-2-6-10-38)50-30-44(56)42(28-46(50)58)32-13-21-36(22-14-32)54(62,63)64;53-41-17-9-7-15-35(41)39-27-45(57)49(29-43(39)55)59(33-11-3-1-4-12-33)47-25-21-31-20-24-38-48(26-22-32-19-23-37(47)51(31)52(32)38)60(34-13-5-2-6-14-34)50-30-44(56)40(28-46(50)58)36-16-8-10-18-42(36)54/h1-30H;1-30H. The minimum absolute atomic E-state index is 0.0537. The Morgan fingerprint density at radius 1 is 0.167 bits per heavy atom. The number of alkyl halides is 6. The monoisotopic (exact) mass is 1690 g/mol. The SMILES string of the molecule is Fc1cc(N(c2ccccc2)c2ccc3ccc4c(N(c5ccccc5)c5cc(F)c(-c6ccc(C(F)(F)F)cc6)cc5F)ccc5ccc2c3c54)c(F)cc1-c1ccc(C(F)(F)F)cc1.Fc1ccccc1-c1cc(F)c(N(c2ccccc2)c2ccc3ccc4c(N(c5ccccc5)c5cc(F)c(-c6ccccc6F)cc5F)ccc5ccc2c3c54)cc1F. The van der Waals surface area contributed by atoms with Crippen molar-refractivity contribution in [2.24, 2.45) is 0 Å². The molecule has 0 spiro atoms. The highest BCUT2D eigenvalue weighted by atomic mass is 19.4. The van der Waals surface area contributed by atoms with E-state index in [2.05, 4.69) is 0 Å². The van der Waals surface area contributed by atoms with E-state index in [1.54, 1.807) is 153 Å². The summed E-state index contributed by atoms with van der Waals surface area (Å²) in [6, 6.07) is 92.5. The number of hydrogen-bond donors (Lipinski definition) is 0. The Morgan fingerprint density at radius 2 is 0.389 bits per heavy atom. The van der Waals surface area contributed by atoms with E-state index in [-0.39, 0.29) is 67.3 Å². The molecule has 0 heterocycles. The van der Waals surface area contributed by atoms with Crippen molar-refractivity contribution in [3.05, 3.63) is 433 Å². The van der Waals surface area contributed by atoms with Gasteiger partial charge < -0.3 is 19.6 Å². The molecule has 0 amide bonds. The van der Waals surface area contributed by atoms with E-state index in [0.717, 1.165) is 140 Å². The van der Waals surface area contributed by atoms with Gasteiger partial charge in [0.15, 0.2) is 0 Å². The molecule has 20 aromatic carbocycles. The summed E-state index contributed by atoms with van der Waals surface area (Å²) in [5.41, 5.74) is 0.833. The van der Waals surface area contributed by atoms with Gasteiger partial charge >= 0.3 is 12.4 Å². The van der Waals surface area contributed by atoms with E-state index in [1.165, 1.54) is 36.4 Å². The van der Waals surface area contributed by atoms with Crippen LogP contribution in [-0.2, 0) is 12.4 Å². The second-order valence-corrected chi connectivity index (χ2v) is 30.1.